The molecule has 1 saturated heterocycles. The maximum Gasteiger partial charge on any atom is 0.416 e. The van der Waals surface area contributed by atoms with Crippen LogP contribution in [0.1, 0.15) is 75.0 Å². The zero-order valence-corrected chi connectivity index (χ0v) is 19.5. The minimum absolute atomic E-state index is 0.583. The van der Waals surface area contributed by atoms with Crippen LogP contribution in [-0.4, -0.2) is 13.1 Å². The summed E-state index contributed by atoms with van der Waals surface area (Å²) in [6, 6.07) is 14.5. The molecule has 176 valence electrons. The van der Waals surface area contributed by atoms with Gasteiger partial charge in [0.25, 0.3) is 0 Å². The van der Waals surface area contributed by atoms with Crippen molar-refractivity contribution in [2.75, 3.05) is 18.0 Å². The fourth-order valence-electron chi connectivity index (χ4n) is 5.11. The van der Waals surface area contributed by atoms with Crippen molar-refractivity contribution in [3.8, 4) is 0 Å². The first-order valence-electron chi connectivity index (χ1n) is 12.3. The molecule has 1 atom stereocenters. The first kappa shape index (κ1) is 23.7. The zero-order valence-electron chi connectivity index (χ0n) is 19.5. The van der Waals surface area contributed by atoms with E-state index in [0.29, 0.717) is 12.0 Å². The molecule has 2 aliphatic rings. The Labute approximate surface area is 196 Å². The van der Waals surface area contributed by atoms with Crippen molar-refractivity contribution in [2.45, 2.75) is 64.5 Å². The molecule has 4 heteroatoms. The van der Waals surface area contributed by atoms with Crippen molar-refractivity contribution < 1.29 is 13.2 Å². The average molecular weight is 454 g/mol. The van der Waals surface area contributed by atoms with Crippen molar-refractivity contribution in [3.05, 3.63) is 77.4 Å². The summed E-state index contributed by atoms with van der Waals surface area (Å²) in [6.07, 6.45) is 8.83. The lowest BCUT2D eigenvalue weighted by molar-refractivity contribution is -0.137. The predicted molar refractivity (Wildman–Crippen MR) is 132 cm³/mol. The number of allylic oxidation sites excluding steroid dienone is 4. The van der Waals surface area contributed by atoms with Crippen LogP contribution in [0.3, 0.4) is 0 Å². The third-order valence-corrected chi connectivity index (χ3v) is 7.19. The Morgan fingerprint density at radius 3 is 2.45 bits per heavy atom. The maximum atomic E-state index is 13.1. The van der Waals surface area contributed by atoms with Gasteiger partial charge in [0.15, 0.2) is 0 Å². The molecule has 1 aliphatic carbocycles. The number of hydrogen-bond acceptors (Lipinski definition) is 1. The van der Waals surface area contributed by atoms with Gasteiger partial charge < -0.3 is 4.90 Å². The van der Waals surface area contributed by atoms with Gasteiger partial charge in [-0.05, 0) is 84.6 Å². The summed E-state index contributed by atoms with van der Waals surface area (Å²) in [5.41, 5.74) is 4.87. The van der Waals surface area contributed by atoms with Crippen LogP contribution in [0.2, 0.25) is 0 Å². The van der Waals surface area contributed by atoms with E-state index < -0.39 is 11.7 Å². The highest BCUT2D eigenvalue weighted by molar-refractivity contribution is 5.75. The highest BCUT2D eigenvalue weighted by atomic mass is 19.4. The molecular formula is C29H34F3N. The van der Waals surface area contributed by atoms with Gasteiger partial charge in [-0.3, -0.25) is 0 Å². The summed E-state index contributed by atoms with van der Waals surface area (Å²) in [7, 11) is 0. The van der Waals surface area contributed by atoms with Gasteiger partial charge in [-0.2, -0.15) is 13.2 Å². The zero-order chi connectivity index (χ0) is 23.3. The summed E-state index contributed by atoms with van der Waals surface area (Å²) >= 11 is 0. The molecule has 0 radical (unpaired) electrons. The van der Waals surface area contributed by atoms with Gasteiger partial charge >= 0.3 is 6.18 Å². The van der Waals surface area contributed by atoms with E-state index in [1.54, 1.807) is 6.07 Å². The van der Waals surface area contributed by atoms with E-state index in [4.69, 9.17) is 0 Å². The SMILES string of the molecule is CCC1CCCCN(c2cccc(C3=CCC(c4cccc(C(F)(F)F)c4)=CCC3)c2)CC1. The lowest BCUT2D eigenvalue weighted by Crippen LogP contribution is -2.29. The number of benzene rings is 2. The van der Waals surface area contributed by atoms with Crippen LogP contribution in [0.25, 0.3) is 11.1 Å². The topological polar surface area (TPSA) is 3.24 Å². The lowest BCUT2D eigenvalue weighted by atomic mass is 9.93. The van der Waals surface area contributed by atoms with E-state index in [2.05, 4.69) is 48.2 Å². The molecule has 0 aromatic heterocycles. The molecule has 1 nitrogen and oxygen atoms in total. The van der Waals surface area contributed by atoms with Crippen LogP contribution in [0, 0.1) is 5.92 Å². The number of rotatable bonds is 4. The van der Waals surface area contributed by atoms with Gasteiger partial charge in [0.1, 0.15) is 0 Å². The lowest BCUT2D eigenvalue weighted by Gasteiger charge is -2.30. The van der Waals surface area contributed by atoms with E-state index in [1.807, 2.05) is 0 Å². The van der Waals surface area contributed by atoms with Gasteiger partial charge in [0.2, 0.25) is 0 Å². The monoisotopic (exact) mass is 453 g/mol. The van der Waals surface area contributed by atoms with Crippen LogP contribution in [-0.2, 0) is 6.18 Å². The van der Waals surface area contributed by atoms with Crippen molar-refractivity contribution in [1.29, 1.82) is 0 Å². The van der Waals surface area contributed by atoms with Gasteiger partial charge in [0.05, 0.1) is 5.56 Å². The Balaban J connectivity index is 1.50. The van der Waals surface area contributed by atoms with Gasteiger partial charge in [-0.15, -0.1) is 0 Å². The molecule has 1 unspecified atom stereocenters. The molecule has 0 N–H and O–H groups in total. The van der Waals surface area contributed by atoms with Crippen molar-refractivity contribution >= 4 is 16.8 Å². The molecule has 0 bridgehead atoms. The number of anilines is 1. The molecular weight excluding hydrogens is 419 g/mol. The van der Waals surface area contributed by atoms with Gasteiger partial charge in [-0.1, -0.05) is 62.6 Å². The Morgan fingerprint density at radius 2 is 1.67 bits per heavy atom. The highest BCUT2D eigenvalue weighted by Crippen LogP contribution is 2.35. The third kappa shape index (κ3) is 6.10. The van der Waals surface area contributed by atoms with Gasteiger partial charge in [-0.25, -0.2) is 0 Å². The molecule has 1 heterocycles. The third-order valence-electron chi connectivity index (χ3n) is 7.19. The van der Waals surface area contributed by atoms with Crippen LogP contribution >= 0.6 is 0 Å². The summed E-state index contributed by atoms with van der Waals surface area (Å²) in [6.45, 7) is 4.53. The Morgan fingerprint density at radius 1 is 0.879 bits per heavy atom. The quantitative estimate of drug-likeness (QED) is 0.447. The summed E-state index contributed by atoms with van der Waals surface area (Å²) in [5.74, 6) is 0.834. The minimum atomic E-state index is -4.31. The molecule has 2 aromatic rings. The fraction of sp³-hybridized carbons (Fsp3) is 0.448. The summed E-state index contributed by atoms with van der Waals surface area (Å²) < 4.78 is 39.4. The molecule has 4 rings (SSSR count). The standard InChI is InChI=1S/C29H34F3N/c1-2-22-8-3-4-18-33(19-17-22)28-14-7-12-26(21-28)24-10-5-9-23(15-16-24)25-11-6-13-27(20-25)29(30,31)32/h6-7,9,11-14,16,20-22H,2-5,8,10,15,17-19H2,1H3. The second kappa shape index (κ2) is 10.6. The second-order valence-corrected chi connectivity index (χ2v) is 9.38. The number of alkyl halides is 3. The Bertz CT molecular complexity index is 1000. The average Bonchev–Trinajstić information content (AvgIpc) is 3.05. The van der Waals surface area contributed by atoms with Crippen LogP contribution < -0.4 is 4.90 Å². The van der Waals surface area contributed by atoms with E-state index >= 15 is 0 Å². The smallest absolute Gasteiger partial charge is 0.372 e. The van der Waals surface area contributed by atoms with Crippen molar-refractivity contribution in [1.82, 2.24) is 0 Å². The Kier molecular flexibility index (Phi) is 7.62. The number of nitrogens with zero attached hydrogens (tertiary/aromatic N) is 1. The number of halogens is 3. The molecule has 0 spiro atoms. The Hall–Kier alpha value is -2.49. The number of hydrogen-bond donors (Lipinski definition) is 0. The molecule has 1 aliphatic heterocycles. The van der Waals surface area contributed by atoms with Crippen molar-refractivity contribution in [2.24, 2.45) is 5.92 Å². The van der Waals surface area contributed by atoms with Gasteiger partial charge in [0, 0.05) is 18.8 Å². The van der Waals surface area contributed by atoms with Crippen LogP contribution in [0.4, 0.5) is 18.9 Å². The first-order valence-corrected chi connectivity index (χ1v) is 12.3. The van der Waals surface area contributed by atoms with Crippen LogP contribution in [0.5, 0.6) is 0 Å². The minimum Gasteiger partial charge on any atom is -0.372 e. The molecule has 0 amide bonds. The largest absolute Gasteiger partial charge is 0.416 e. The van der Waals surface area contributed by atoms with Crippen LogP contribution in [0.15, 0.2) is 60.7 Å². The van der Waals surface area contributed by atoms with Crippen molar-refractivity contribution in [3.63, 3.8) is 0 Å². The first-order chi connectivity index (χ1) is 15.9. The molecule has 0 saturated carbocycles. The second-order valence-electron chi connectivity index (χ2n) is 9.38. The summed E-state index contributed by atoms with van der Waals surface area (Å²) in [5, 5.41) is 0. The highest BCUT2D eigenvalue weighted by Gasteiger charge is 2.30. The molecule has 1 fully saturated rings. The van der Waals surface area contributed by atoms with E-state index in [-0.39, 0.29) is 0 Å². The van der Waals surface area contributed by atoms with E-state index in [9.17, 15) is 13.2 Å². The van der Waals surface area contributed by atoms with E-state index in [0.717, 1.165) is 43.5 Å². The predicted octanol–water partition coefficient (Wildman–Crippen LogP) is 8.76. The van der Waals surface area contributed by atoms with E-state index in [1.165, 1.54) is 61.1 Å². The summed E-state index contributed by atoms with van der Waals surface area (Å²) in [4.78, 5) is 2.54. The maximum absolute atomic E-state index is 13.1. The molecule has 2 aromatic carbocycles. The normalized spacial score (nSPS) is 20.4. The molecule has 33 heavy (non-hydrogen) atoms. The fourth-order valence-corrected chi connectivity index (χ4v) is 5.11.